The first-order valence-corrected chi connectivity index (χ1v) is 11.5. The predicted molar refractivity (Wildman–Crippen MR) is 110 cm³/mol. The molecule has 3 rings (SSSR count). The van der Waals surface area contributed by atoms with Gasteiger partial charge in [-0.3, -0.25) is 9.59 Å². The first-order chi connectivity index (χ1) is 14.2. The Morgan fingerprint density at radius 1 is 1.33 bits per heavy atom. The number of anilines is 1. The number of carbonyl (C=O) groups is 2. The molecule has 1 aromatic carbocycles. The number of carbonyl (C=O) groups excluding carboxylic acids is 2. The van der Waals surface area contributed by atoms with Crippen molar-refractivity contribution in [2.24, 2.45) is 5.73 Å². The Morgan fingerprint density at radius 2 is 2.03 bits per heavy atom. The molecule has 2 fully saturated rings. The summed E-state index contributed by atoms with van der Waals surface area (Å²) in [4.78, 5) is 27.4. The summed E-state index contributed by atoms with van der Waals surface area (Å²) in [5, 5.41) is 9.48. The average molecular weight is 461 g/mol. The molecular weight excluding hydrogens is 436 g/mol. The van der Waals surface area contributed by atoms with E-state index in [1.54, 1.807) is 6.07 Å². The molecule has 2 amide bonds. The van der Waals surface area contributed by atoms with E-state index in [1.807, 2.05) is 0 Å². The van der Waals surface area contributed by atoms with E-state index in [0.29, 0.717) is 32.5 Å². The fraction of sp³-hybridized carbons (Fsp3) is 0.556. The topological polar surface area (TPSA) is 142 Å². The van der Waals surface area contributed by atoms with E-state index in [4.69, 9.17) is 22.1 Å². The van der Waals surface area contributed by atoms with Gasteiger partial charge in [-0.1, -0.05) is 17.7 Å². The number of amides is 2. The van der Waals surface area contributed by atoms with Crippen molar-refractivity contribution in [1.29, 1.82) is 0 Å². The maximum absolute atomic E-state index is 13.0. The van der Waals surface area contributed by atoms with Gasteiger partial charge < -0.3 is 25.4 Å². The second-order valence-electron chi connectivity index (χ2n) is 7.15. The van der Waals surface area contributed by atoms with E-state index in [2.05, 4.69) is 4.72 Å². The molecular formula is C18H25ClN4O6S. The third-order valence-corrected chi connectivity index (χ3v) is 7.14. The Hall–Kier alpha value is -1.76. The van der Waals surface area contributed by atoms with Crippen molar-refractivity contribution < 1.29 is 27.9 Å². The predicted octanol–water partition coefficient (Wildman–Crippen LogP) is -0.708. The fourth-order valence-electron chi connectivity index (χ4n) is 3.44. The lowest BCUT2D eigenvalue weighted by Crippen LogP contribution is -2.54. The molecule has 0 aromatic heterocycles. The lowest BCUT2D eigenvalue weighted by Gasteiger charge is -2.32. The quantitative estimate of drug-likeness (QED) is 0.509. The number of hydrogen-bond donors (Lipinski definition) is 3. The number of sulfonamides is 1. The minimum Gasteiger partial charge on any atom is -0.393 e. The molecule has 2 heterocycles. The van der Waals surface area contributed by atoms with Gasteiger partial charge in [-0.2, -0.15) is 4.72 Å². The molecule has 0 radical (unpaired) electrons. The highest BCUT2D eigenvalue weighted by molar-refractivity contribution is 7.89. The summed E-state index contributed by atoms with van der Waals surface area (Å²) >= 11 is 6.35. The highest BCUT2D eigenvalue weighted by Gasteiger charge is 2.32. The number of halogens is 1. The van der Waals surface area contributed by atoms with E-state index in [1.165, 1.54) is 21.9 Å². The number of nitrogens with two attached hydrogens (primary N) is 1. The Bertz CT molecular complexity index is 904. The molecule has 30 heavy (non-hydrogen) atoms. The molecule has 2 aliphatic rings. The van der Waals surface area contributed by atoms with Crippen LogP contribution < -0.4 is 15.4 Å². The van der Waals surface area contributed by atoms with E-state index in [0.717, 1.165) is 0 Å². The normalized spacial score (nSPS) is 19.8. The van der Waals surface area contributed by atoms with Gasteiger partial charge >= 0.3 is 0 Å². The van der Waals surface area contributed by atoms with Crippen LogP contribution in [0.1, 0.15) is 12.8 Å². The monoisotopic (exact) mass is 460 g/mol. The standard InChI is InChI=1S/C18H25ClN4O6S/c19-17-14(23-8-9-29-11-16(23)25)2-1-3-15(17)30(27,28)21-13(10-20)18(26)22-6-4-12(24)5-7-22/h1-3,12-13,21,24H,4-11,20H2/t13-/m0/s1. The van der Waals surface area contributed by atoms with Gasteiger partial charge in [-0.15, -0.1) is 0 Å². The Kier molecular flexibility index (Phi) is 7.32. The number of nitrogens with one attached hydrogen (secondary N) is 1. The van der Waals surface area contributed by atoms with Crippen LogP contribution >= 0.6 is 11.6 Å². The van der Waals surface area contributed by atoms with Gasteiger partial charge in [0, 0.05) is 26.2 Å². The third-order valence-electron chi connectivity index (χ3n) is 5.12. The van der Waals surface area contributed by atoms with Crippen molar-refractivity contribution in [3.05, 3.63) is 23.2 Å². The van der Waals surface area contributed by atoms with Crippen LogP contribution in [0.15, 0.2) is 23.1 Å². The zero-order chi connectivity index (χ0) is 21.9. The van der Waals surface area contributed by atoms with Crippen LogP contribution in [0, 0.1) is 0 Å². The van der Waals surface area contributed by atoms with Gasteiger partial charge in [0.05, 0.1) is 23.4 Å². The van der Waals surface area contributed by atoms with Crippen molar-refractivity contribution >= 4 is 39.1 Å². The molecule has 0 spiro atoms. The van der Waals surface area contributed by atoms with Crippen LogP contribution in [0.3, 0.4) is 0 Å². The number of ether oxygens (including phenoxy) is 1. The summed E-state index contributed by atoms with van der Waals surface area (Å²) in [6.07, 6.45) is 0.389. The average Bonchev–Trinajstić information content (AvgIpc) is 2.73. The van der Waals surface area contributed by atoms with Crippen LogP contribution in [0.4, 0.5) is 5.69 Å². The summed E-state index contributed by atoms with van der Waals surface area (Å²) in [5.41, 5.74) is 5.93. The number of benzene rings is 1. The van der Waals surface area contributed by atoms with E-state index < -0.39 is 28.1 Å². The third kappa shape index (κ3) is 4.93. The first kappa shape index (κ1) is 22.9. The van der Waals surface area contributed by atoms with Crippen LogP contribution in [-0.2, 0) is 24.3 Å². The van der Waals surface area contributed by atoms with Gasteiger partial charge in [-0.05, 0) is 25.0 Å². The van der Waals surface area contributed by atoms with E-state index >= 15 is 0 Å². The van der Waals surface area contributed by atoms with Crippen molar-refractivity contribution in [2.45, 2.75) is 29.9 Å². The Morgan fingerprint density at radius 3 is 2.67 bits per heavy atom. The van der Waals surface area contributed by atoms with Gasteiger partial charge in [0.2, 0.25) is 15.9 Å². The molecule has 10 nitrogen and oxygen atoms in total. The van der Waals surface area contributed by atoms with Crippen molar-refractivity contribution in [3.8, 4) is 0 Å². The molecule has 2 aliphatic heterocycles. The summed E-state index contributed by atoms with van der Waals surface area (Å²) in [6, 6.07) is 3.16. The van der Waals surface area contributed by atoms with Gasteiger partial charge in [0.25, 0.3) is 5.91 Å². The molecule has 0 bridgehead atoms. The fourth-order valence-corrected chi connectivity index (χ4v) is 5.27. The SMILES string of the molecule is NC[C@H](NS(=O)(=O)c1cccc(N2CCOCC2=O)c1Cl)C(=O)N1CCC(O)CC1. The van der Waals surface area contributed by atoms with Crippen LogP contribution in [0.25, 0.3) is 0 Å². The molecule has 0 unspecified atom stereocenters. The number of piperidine rings is 1. The molecule has 0 saturated carbocycles. The summed E-state index contributed by atoms with van der Waals surface area (Å²) < 4.78 is 33.4. The lowest BCUT2D eigenvalue weighted by molar-refractivity contribution is -0.134. The van der Waals surface area contributed by atoms with Crippen molar-refractivity contribution in [1.82, 2.24) is 9.62 Å². The molecule has 0 aliphatic carbocycles. The molecule has 12 heteroatoms. The van der Waals surface area contributed by atoms with E-state index in [-0.39, 0.29) is 41.2 Å². The molecule has 2 saturated heterocycles. The first-order valence-electron chi connectivity index (χ1n) is 9.60. The highest BCUT2D eigenvalue weighted by Crippen LogP contribution is 2.33. The Labute approximate surface area is 180 Å². The summed E-state index contributed by atoms with van der Waals surface area (Å²) in [5.74, 6) is -0.781. The van der Waals surface area contributed by atoms with Crippen LogP contribution in [0.2, 0.25) is 5.02 Å². The van der Waals surface area contributed by atoms with E-state index in [9.17, 15) is 23.1 Å². The lowest BCUT2D eigenvalue weighted by atomic mass is 10.1. The maximum Gasteiger partial charge on any atom is 0.253 e. The highest BCUT2D eigenvalue weighted by atomic mass is 35.5. The van der Waals surface area contributed by atoms with Crippen molar-refractivity contribution in [3.63, 3.8) is 0 Å². The minimum absolute atomic E-state index is 0.111. The second-order valence-corrected chi connectivity index (χ2v) is 9.21. The minimum atomic E-state index is -4.20. The smallest absolute Gasteiger partial charge is 0.253 e. The Balaban J connectivity index is 1.81. The van der Waals surface area contributed by atoms with Crippen LogP contribution in [-0.4, -0.2) is 81.8 Å². The number of nitrogens with zero attached hydrogens (tertiary/aromatic N) is 2. The second kappa shape index (κ2) is 9.58. The summed E-state index contributed by atoms with van der Waals surface area (Å²) in [7, 11) is -4.20. The molecule has 166 valence electrons. The van der Waals surface area contributed by atoms with Crippen molar-refractivity contribution in [2.75, 3.05) is 44.3 Å². The zero-order valence-corrected chi connectivity index (χ0v) is 17.9. The number of aliphatic hydroxyl groups is 1. The number of rotatable bonds is 6. The largest absolute Gasteiger partial charge is 0.393 e. The zero-order valence-electron chi connectivity index (χ0n) is 16.3. The number of likely N-dealkylation sites (tertiary alicyclic amines) is 1. The number of hydrogen-bond acceptors (Lipinski definition) is 7. The summed E-state index contributed by atoms with van der Waals surface area (Å²) in [6.45, 7) is 0.864. The van der Waals surface area contributed by atoms with Crippen LogP contribution in [0.5, 0.6) is 0 Å². The van der Waals surface area contributed by atoms with Gasteiger partial charge in [0.1, 0.15) is 17.5 Å². The molecule has 1 aromatic rings. The molecule has 4 N–H and O–H groups in total. The molecule has 1 atom stereocenters. The number of aliphatic hydroxyl groups excluding tert-OH is 1. The van der Waals surface area contributed by atoms with Gasteiger partial charge in [0.15, 0.2) is 0 Å². The maximum atomic E-state index is 13.0. The number of morpholine rings is 1. The van der Waals surface area contributed by atoms with Gasteiger partial charge in [-0.25, -0.2) is 8.42 Å².